The van der Waals surface area contributed by atoms with Crippen LogP contribution in [0.3, 0.4) is 0 Å². The average molecular weight is 425 g/mol. The quantitative estimate of drug-likeness (QED) is 0.659. The molecule has 1 saturated heterocycles. The Bertz CT molecular complexity index is 1120. The Morgan fingerprint density at radius 3 is 2.50 bits per heavy atom. The van der Waals surface area contributed by atoms with Gasteiger partial charge < -0.3 is 9.88 Å². The van der Waals surface area contributed by atoms with Crippen LogP contribution in [0.4, 0.5) is 0 Å². The summed E-state index contributed by atoms with van der Waals surface area (Å²) in [4.78, 5) is 17.0. The van der Waals surface area contributed by atoms with Crippen molar-refractivity contribution in [3.8, 4) is 5.69 Å². The highest BCUT2D eigenvalue weighted by Gasteiger charge is 2.27. The predicted octanol–water partition coefficient (Wildman–Crippen LogP) is 3.15. The maximum absolute atomic E-state index is 12.8. The lowest BCUT2D eigenvalue weighted by Gasteiger charge is -2.17. The van der Waals surface area contributed by atoms with Crippen molar-refractivity contribution in [1.29, 1.82) is 0 Å². The molecule has 8 heteroatoms. The molecule has 30 heavy (non-hydrogen) atoms. The molecular formula is C22H24N4O3S. The van der Waals surface area contributed by atoms with Gasteiger partial charge in [-0.1, -0.05) is 18.2 Å². The maximum atomic E-state index is 12.8. The highest BCUT2D eigenvalue weighted by atomic mass is 32.2. The number of hydrogen-bond acceptors (Lipinski definition) is 4. The van der Waals surface area contributed by atoms with Gasteiger partial charge in [0.1, 0.15) is 0 Å². The molecule has 1 atom stereocenters. The van der Waals surface area contributed by atoms with Gasteiger partial charge in [-0.3, -0.25) is 4.79 Å². The van der Waals surface area contributed by atoms with E-state index in [0.717, 1.165) is 24.1 Å². The van der Waals surface area contributed by atoms with Crippen molar-refractivity contribution < 1.29 is 13.2 Å². The van der Waals surface area contributed by atoms with E-state index in [-0.39, 0.29) is 16.8 Å². The number of hydrogen-bond donors (Lipinski definition) is 1. The molecule has 0 radical (unpaired) electrons. The molecule has 7 nitrogen and oxygen atoms in total. The largest absolute Gasteiger partial charge is 0.346 e. The minimum Gasteiger partial charge on any atom is -0.346 e. The molecule has 0 unspecified atom stereocenters. The van der Waals surface area contributed by atoms with Crippen molar-refractivity contribution in [2.45, 2.75) is 30.7 Å². The maximum Gasteiger partial charge on any atom is 0.251 e. The second-order valence-corrected chi connectivity index (χ2v) is 9.33. The summed E-state index contributed by atoms with van der Waals surface area (Å²) in [5, 5.41) is 2.95. The second-order valence-electron chi connectivity index (χ2n) is 7.40. The fourth-order valence-corrected chi connectivity index (χ4v) is 5.15. The number of benzene rings is 2. The van der Waals surface area contributed by atoms with E-state index >= 15 is 0 Å². The molecule has 156 valence electrons. The van der Waals surface area contributed by atoms with E-state index in [4.69, 9.17) is 0 Å². The van der Waals surface area contributed by atoms with Gasteiger partial charge in [0, 0.05) is 36.7 Å². The second kappa shape index (κ2) is 8.41. The van der Waals surface area contributed by atoms with Gasteiger partial charge >= 0.3 is 0 Å². The summed E-state index contributed by atoms with van der Waals surface area (Å²) < 4.78 is 28.9. The minimum atomic E-state index is -3.56. The molecular weight excluding hydrogens is 400 g/mol. The molecule has 2 heterocycles. The zero-order valence-corrected chi connectivity index (χ0v) is 17.5. The van der Waals surface area contributed by atoms with E-state index < -0.39 is 10.0 Å². The molecule has 1 amide bonds. The molecule has 2 aromatic carbocycles. The highest BCUT2D eigenvalue weighted by Crippen LogP contribution is 2.22. The fraction of sp³-hybridized carbons (Fsp3) is 0.273. The summed E-state index contributed by atoms with van der Waals surface area (Å²) >= 11 is 0. The predicted molar refractivity (Wildman–Crippen MR) is 114 cm³/mol. The third-order valence-corrected chi connectivity index (χ3v) is 7.24. The minimum absolute atomic E-state index is 0.161. The average Bonchev–Trinajstić information content (AvgIpc) is 3.48. The first kappa shape index (κ1) is 20.3. The number of carbonyl (C=O) groups is 1. The van der Waals surface area contributed by atoms with Crippen molar-refractivity contribution in [3.05, 3.63) is 78.4 Å². The summed E-state index contributed by atoms with van der Waals surface area (Å²) in [5.74, 6) is -0.306. The van der Waals surface area contributed by atoms with Gasteiger partial charge in [0.2, 0.25) is 10.0 Å². The van der Waals surface area contributed by atoms with Gasteiger partial charge in [0.05, 0.1) is 17.3 Å². The zero-order valence-electron chi connectivity index (χ0n) is 16.7. The molecule has 1 N–H and O–H groups in total. The number of nitrogens with one attached hydrogen (secondary N) is 1. The fourth-order valence-electron chi connectivity index (χ4n) is 3.59. The Labute approximate surface area is 176 Å². The van der Waals surface area contributed by atoms with Gasteiger partial charge in [0.25, 0.3) is 5.91 Å². The lowest BCUT2D eigenvalue weighted by molar-refractivity contribution is 0.0939. The number of rotatable bonds is 6. The third kappa shape index (κ3) is 4.15. The van der Waals surface area contributed by atoms with Gasteiger partial charge in [0.15, 0.2) is 0 Å². The van der Waals surface area contributed by atoms with Crippen molar-refractivity contribution in [2.75, 3.05) is 13.1 Å². The summed E-state index contributed by atoms with van der Waals surface area (Å²) in [6.45, 7) is 2.96. The van der Waals surface area contributed by atoms with E-state index in [1.807, 2.05) is 42.0 Å². The van der Waals surface area contributed by atoms with Crippen LogP contribution in [0.25, 0.3) is 5.69 Å². The number of aromatic nitrogens is 2. The molecule has 4 rings (SSSR count). The molecule has 0 bridgehead atoms. The Morgan fingerprint density at radius 2 is 1.83 bits per heavy atom. The van der Waals surface area contributed by atoms with Crippen molar-refractivity contribution in [3.63, 3.8) is 0 Å². The number of nitrogens with zero attached hydrogens (tertiary/aromatic N) is 3. The van der Waals surface area contributed by atoms with E-state index in [0.29, 0.717) is 18.7 Å². The third-order valence-electron chi connectivity index (χ3n) is 5.34. The molecule has 0 spiro atoms. The first-order valence-electron chi connectivity index (χ1n) is 9.94. The Kier molecular flexibility index (Phi) is 5.69. The van der Waals surface area contributed by atoms with Gasteiger partial charge in [-0.15, -0.1) is 0 Å². The van der Waals surface area contributed by atoms with Crippen molar-refractivity contribution in [2.24, 2.45) is 0 Å². The number of imidazole rings is 1. The number of amides is 1. The monoisotopic (exact) mass is 424 g/mol. The summed E-state index contributed by atoms with van der Waals surface area (Å²) in [6.07, 6.45) is 7.05. The Hall–Kier alpha value is -2.97. The molecule has 1 aromatic heterocycles. The standard InChI is InChI=1S/C22H24N4O3S/c1-17(18-7-9-20(10-8-18)25-14-11-23-16-25)24-22(27)19-5-4-6-21(15-19)30(28,29)26-12-2-3-13-26/h4-11,14-17H,2-3,12-13H2,1H3,(H,24,27)/t17-/m0/s1. The van der Waals surface area contributed by atoms with Crippen LogP contribution in [0.2, 0.25) is 0 Å². The number of sulfonamides is 1. The molecule has 1 aliphatic heterocycles. The highest BCUT2D eigenvalue weighted by molar-refractivity contribution is 7.89. The normalized spacial score (nSPS) is 15.8. The molecule has 1 aliphatic rings. The van der Waals surface area contributed by atoms with Crippen molar-refractivity contribution in [1.82, 2.24) is 19.2 Å². The van der Waals surface area contributed by atoms with E-state index in [1.165, 1.54) is 10.4 Å². The van der Waals surface area contributed by atoms with Crippen LogP contribution in [-0.4, -0.2) is 41.3 Å². The number of carbonyl (C=O) groups excluding carboxylic acids is 1. The van der Waals surface area contributed by atoms with Crippen LogP contribution >= 0.6 is 0 Å². The van der Waals surface area contributed by atoms with E-state index in [2.05, 4.69) is 10.3 Å². The molecule has 1 fully saturated rings. The Balaban J connectivity index is 1.47. The van der Waals surface area contributed by atoms with Crippen LogP contribution in [-0.2, 0) is 10.0 Å². The first-order valence-corrected chi connectivity index (χ1v) is 11.4. The van der Waals surface area contributed by atoms with Crippen LogP contribution in [0.1, 0.15) is 41.7 Å². The van der Waals surface area contributed by atoms with Gasteiger partial charge in [-0.05, 0) is 55.7 Å². The topological polar surface area (TPSA) is 84.3 Å². The first-order chi connectivity index (χ1) is 14.4. The van der Waals surface area contributed by atoms with Crippen LogP contribution in [0.5, 0.6) is 0 Å². The SMILES string of the molecule is C[C@H](NC(=O)c1cccc(S(=O)(=O)N2CCCC2)c1)c1ccc(-n2ccnc2)cc1. The molecule has 0 aliphatic carbocycles. The summed E-state index contributed by atoms with van der Waals surface area (Å²) in [7, 11) is -3.56. The van der Waals surface area contributed by atoms with E-state index in [9.17, 15) is 13.2 Å². The molecule has 0 saturated carbocycles. The summed E-state index contributed by atoms with van der Waals surface area (Å²) in [5.41, 5.74) is 2.26. The lowest BCUT2D eigenvalue weighted by Crippen LogP contribution is -2.29. The van der Waals surface area contributed by atoms with Crippen LogP contribution < -0.4 is 5.32 Å². The van der Waals surface area contributed by atoms with Gasteiger partial charge in [-0.2, -0.15) is 4.31 Å². The van der Waals surface area contributed by atoms with Crippen molar-refractivity contribution >= 4 is 15.9 Å². The smallest absolute Gasteiger partial charge is 0.251 e. The van der Waals surface area contributed by atoms with E-state index in [1.54, 1.807) is 30.7 Å². The van der Waals surface area contributed by atoms with Crippen LogP contribution in [0, 0.1) is 0 Å². The summed E-state index contributed by atoms with van der Waals surface area (Å²) in [6, 6.07) is 13.8. The Morgan fingerprint density at radius 1 is 1.10 bits per heavy atom. The molecule has 3 aromatic rings. The lowest BCUT2D eigenvalue weighted by atomic mass is 10.1. The zero-order chi connectivity index (χ0) is 21.1. The van der Waals surface area contributed by atoms with Gasteiger partial charge in [-0.25, -0.2) is 13.4 Å². The van der Waals surface area contributed by atoms with Crippen LogP contribution in [0.15, 0.2) is 72.1 Å².